The van der Waals surface area contributed by atoms with Crippen molar-refractivity contribution < 1.29 is 28.7 Å². The van der Waals surface area contributed by atoms with Gasteiger partial charge in [0.25, 0.3) is 0 Å². The van der Waals surface area contributed by atoms with E-state index < -0.39 is 23.7 Å². The molecule has 9 heteroatoms. The number of imide groups is 1. The average Bonchev–Trinajstić information content (AvgIpc) is 3.58. The van der Waals surface area contributed by atoms with E-state index in [-0.39, 0.29) is 48.3 Å². The summed E-state index contributed by atoms with van der Waals surface area (Å²) < 4.78 is 11.0. The van der Waals surface area contributed by atoms with Crippen LogP contribution in [0.15, 0.2) is 91.0 Å². The molecule has 2 heterocycles. The smallest absolute Gasteiger partial charge is 0.316 e. The second-order valence-corrected chi connectivity index (χ2v) is 12.3. The summed E-state index contributed by atoms with van der Waals surface area (Å²) in [5, 5.41) is 0.445. The first-order valence-corrected chi connectivity index (χ1v) is 15.2. The maximum Gasteiger partial charge on any atom is 0.316 e. The lowest BCUT2D eigenvalue weighted by atomic mass is 9.55. The van der Waals surface area contributed by atoms with Crippen molar-refractivity contribution in [3.63, 3.8) is 0 Å². The maximum atomic E-state index is 14.0. The van der Waals surface area contributed by atoms with Gasteiger partial charge in [0, 0.05) is 29.8 Å². The predicted molar refractivity (Wildman–Crippen MR) is 167 cm³/mol. The largest absolute Gasteiger partial charge is 0.495 e. The highest BCUT2D eigenvalue weighted by molar-refractivity contribution is 6.31. The lowest BCUT2D eigenvalue weighted by Gasteiger charge is -2.45. The number of anilines is 2. The molecule has 0 radical (unpaired) electrons. The molecular formula is C36H27ClN2O6. The van der Waals surface area contributed by atoms with Gasteiger partial charge in [0.2, 0.25) is 17.7 Å². The zero-order valence-electron chi connectivity index (χ0n) is 24.2. The number of esters is 1. The first-order chi connectivity index (χ1) is 21.9. The monoisotopic (exact) mass is 618 g/mol. The number of amides is 3. The van der Waals surface area contributed by atoms with Crippen LogP contribution in [0.5, 0.6) is 11.5 Å². The van der Waals surface area contributed by atoms with E-state index in [1.54, 1.807) is 42.5 Å². The molecule has 0 spiro atoms. The second kappa shape index (κ2) is 10.3. The summed E-state index contributed by atoms with van der Waals surface area (Å²) in [6.07, 6.45) is -0.0146. The minimum absolute atomic E-state index is 0.0146. The Labute approximate surface area is 264 Å². The molecule has 4 aromatic rings. The third-order valence-electron chi connectivity index (χ3n) is 9.65. The Kier molecular flexibility index (Phi) is 6.32. The molecule has 2 saturated heterocycles. The van der Waals surface area contributed by atoms with Gasteiger partial charge in [-0.1, -0.05) is 60.1 Å². The first-order valence-electron chi connectivity index (χ1n) is 14.9. The van der Waals surface area contributed by atoms with Gasteiger partial charge >= 0.3 is 5.97 Å². The zero-order valence-corrected chi connectivity index (χ0v) is 24.9. The molecule has 3 amide bonds. The molecule has 2 aliphatic heterocycles. The van der Waals surface area contributed by atoms with Crippen molar-refractivity contribution in [2.75, 3.05) is 23.5 Å². The number of methoxy groups -OCH3 is 1. The molecule has 45 heavy (non-hydrogen) atoms. The lowest BCUT2D eigenvalue weighted by molar-refractivity contribution is -0.139. The summed E-state index contributed by atoms with van der Waals surface area (Å²) in [4.78, 5) is 56.7. The van der Waals surface area contributed by atoms with Crippen LogP contribution in [0.2, 0.25) is 5.02 Å². The van der Waals surface area contributed by atoms with E-state index in [1.807, 2.05) is 24.3 Å². The zero-order chi connectivity index (χ0) is 31.0. The van der Waals surface area contributed by atoms with E-state index in [1.165, 1.54) is 16.9 Å². The first kappa shape index (κ1) is 27.6. The van der Waals surface area contributed by atoms with Crippen LogP contribution in [-0.4, -0.2) is 37.3 Å². The van der Waals surface area contributed by atoms with Crippen LogP contribution >= 0.6 is 11.6 Å². The van der Waals surface area contributed by atoms with Crippen LogP contribution in [0, 0.1) is 17.8 Å². The van der Waals surface area contributed by atoms with Crippen molar-refractivity contribution in [1.82, 2.24) is 0 Å². The van der Waals surface area contributed by atoms with Crippen molar-refractivity contribution in [1.29, 1.82) is 0 Å². The number of hydrogen-bond donors (Lipinski definition) is 0. The normalized spacial score (nSPS) is 24.4. The van der Waals surface area contributed by atoms with E-state index in [9.17, 15) is 19.2 Å². The Bertz CT molecular complexity index is 1810. The molecule has 3 atom stereocenters. The Hall–Kier alpha value is -4.95. The Morgan fingerprint density at radius 2 is 1.33 bits per heavy atom. The summed E-state index contributed by atoms with van der Waals surface area (Å²) in [6.45, 7) is 0.124. The summed E-state index contributed by atoms with van der Waals surface area (Å²) in [5.74, 6) is -2.50. The molecule has 5 aliphatic rings. The minimum atomic E-state index is -0.690. The van der Waals surface area contributed by atoms with Crippen LogP contribution in [0.25, 0.3) is 0 Å². The fraction of sp³-hybridized carbons (Fsp3) is 0.222. The number of benzene rings is 4. The molecule has 4 aromatic carbocycles. The standard InChI is InChI=1S/C36H27ClN2O6/c1-44-28-15-10-20(37)17-27(28)38-18-19(16-29(38)40)36(43)45-22-13-11-21(12-14-22)39-34(41)32-30-23-6-2-3-7-24(23)31(33(32)35(39)42)26-9-5-4-8-25(26)30/h2-15,17,19,30-33H,16,18H2,1H3/t19-,30?,31?,32-,33+/m0/s1. The van der Waals surface area contributed by atoms with Gasteiger partial charge in [-0.25, -0.2) is 4.90 Å². The third kappa shape index (κ3) is 4.12. The molecule has 2 bridgehead atoms. The number of hydrogen-bond acceptors (Lipinski definition) is 6. The molecule has 0 saturated carbocycles. The number of rotatable bonds is 5. The molecule has 3 aliphatic carbocycles. The number of halogens is 1. The van der Waals surface area contributed by atoms with Crippen molar-refractivity contribution in [2.24, 2.45) is 17.8 Å². The van der Waals surface area contributed by atoms with Crippen molar-refractivity contribution in [3.05, 3.63) is 118 Å². The highest BCUT2D eigenvalue weighted by atomic mass is 35.5. The molecule has 0 unspecified atom stereocenters. The van der Waals surface area contributed by atoms with Crippen molar-refractivity contribution in [3.8, 4) is 11.5 Å². The van der Waals surface area contributed by atoms with E-state index in [2.05, 4.69) is 24.3 Å². The van der Waals surface area contributed by atoms with Crippen molar-refractivity contribution in [2.45, 2.75) is 18.3 Å². The molecule has 8 nitrogen and oxygen atoms in total. The molecule has 224 valence electrons. The highest BCUT2D eigenvalue weighted by Gasteiger charge is 2.61. The third-order valence-corrected chi connectivity index (χ3v) is 9.89. The molecule has 9 rings (SSSR count). The molecule has 0 N–H and O–H groups in total. The Morgan fingerprint density at radius 1 is 0.778 bits per heavy atom. The summed E-state index contributed by atoms with van der Waals surface area (Å²) in [7, 11) is 1.50. The summed E-state index contributed by atoms with van der Waals surface area (Å²) in [5.41, 5.74) is 5.39. The van der Waals surface area contributed by atoms with Gasteiger partial charge in [0.05, 0.1) is 36.2 Å². The molecule has 2 fully saturated rings. The van der Waals surface area contributed by atoms with Gasteiger partial charge in [0.1, 0.15) is 11.5 Å². The van der Waals surface area contributed by atoms with E-state index >= 15 is 0 Å². The highest BCUT2D eigenvalue weighted by Crippen LogP contribution is 2.61. The fourth-order valence-corrected chi connectivity index (χ4v) is 7.93. The van der Waals surface area contributed by atoms with Gasteiger partial charge < -0.3 is 14.4 Å². The van der Waals surface area contributed by atoms with Crippen LogP contribution in [0.1, 0.15) is 40.5 Å². The van der Waals surface area contributed by atoms with Gasteiger partial charge in [-0.2, -0.15) is 0 Å². The minimum Gasteiger partial charge on any atom is -0.495 e. The maximum absolute atomic E-state index is 14.0. The van der Waals surface area contributed by atoms with Gasteiger partial charge in [-0.3, -0.25) is 19.2 Å². The lowest BCUT2D eigenvalue weighted by Crippen LogP contribution is -2.41. The topological polar surface area (TPSA) is 93.2 Å². The van der Waals surface area contributed by atoms with Crippen LogP contribution in [0.4, 0.5) is 11.4 Å². The Balaban J connectivity index is 1.01. The molecule has 0 aromatic heterocycles. The van der Waals surface area contributed by atoms with E-state index in [0.29, 0.717) is 22.1 Å². The van der Waals surface area contributed by atoms with Crippen LogP contribution in [-0.2, 0) is 19.2 Å². The summed E-state index contributed by atoms with van der Waals surface area (Å²) in [6, 6.07) is 27.6. The number of nitrogens with zero attached hydrogens (tertiary/aromatic N) is 2. The SMILES string of the molecule is COc1ccc(Cl)cc1N1C[C@@H](C(=O)Oc2ccc(N3C(=O)[C@@H]4C5c6ccccc6C(c6ccccc65)[C@@H]4C3=O)cc2)CC1=O. The number of carbonyl (C=O) groups excluding carboxylic acids is 4. The van der Waals surface area contributed by atoms with Gasteiger partial charge in [-0.15, -0.1) is 0 Å². The van der Waals surface area contributed by atoms with Crippen LogP contribution < -0.4 is 19.3 Å². The quantitative estimate of drug-likeness (QED) is 0.162. The molecular weight excluding hydrogens is 592 g/mol. The number of carbonyl (C=O) groups is 4. The van der Waals surface area contributed by atoms with Gasteiger partial charge in [-0.05, 0) is 64.7 Å². The van der Waals surface area contributed by atoms with E-state index in [4.69, 9.17) is 21.1 Å². The average molecular weight is 619 g/mol. The summed E-state index contributed by atoms with van der Waals surface area (Å²) >= 11 is 6.15. The van der Waals surface area contributed by atoms with Gasteiger partial charge in [0.15, 0.2) is 0 Å². The fourth-order valence-electron chi connectivity index (χ4n) is 7.77. The predicted octanol–water partition coefficient (Wildman–Crippen LogP) is 5.70. The van der Waals surface area contributed by atoms with Crippen LogP contribution in [0.3, 0.4) is 0 Å². The second-order valence-electron chi connectivity index (χ2n) is 11.9. The Morgan fingerprint density at radius 3 is 1.87 bits per heavy atom. The van der Waals surface area contributed by atoms with E-state index in [0.717, 1.165) is 22.3 Å². The van der Waals surface area contributed by atoms with Crippen molar-refractivity contribution >= 4 is 46.7 Å². The number of ether oxygens (including phenoxy) is 2.